The fourth-order valence-electron chi connectivity index (χ4n) is 1.61. The first kappa shape index (κ1) is 11.5. The number of nitrogens with two attached hydrogens (primary N) is 2. The number of pyridine rings is 2. The molecule has 0 spiro atoms. The highest BCUT2D eigenvalue weighted by Gasteiger charge is 2.14. The summed E-state index contributed by atoms with van der Waals surface area (Å²) < 4.78 is 13.5. The highest BCUT2D eigenvalue weighted by atomic mass is 19.1. The van der Waals surface area contributed by atoms with E-state index in [4.69, 9.17) is 11.5 Å². The Hall–Kier alpha value is -2.01. The van der Waals surface area contributed by atoms with Crippen molar-refractivity contribution in [3.63, 3.8) is 0 Å². The molecule has 2 aromatic rings. The molecule has 0 aliphatic carbocycles. The molecule has 0 aromatic carbocycles. The van der Waals surface area contributed by atoms with E-state index in [2.05, 4.69) is 9.97 Å². The van der Waals surface area contributed by atoms with Crippen LogP contribution in [0.25, 0.3) is 0 Å². The van der Waals surface area contributed by atoms with Crippen molar-refractivity contribution in [2.24, 2.45) is 5.73 Å². The van der Waals surface area contributed by atoms with Crippen LogP contribution in [-0.2, 0) is 6.42 Å². The van der Waals surface area contributed by atoms with E-state index in [9.17, 15) is 4.39 Å². The minimum Gasteiger partial charge on any atom is -0.398 e. The number of halogens is 1. The van der Waals surface area contributed by atoms with Crippen LogP contribution in [0.2, 0.25) is 0 Å². The van der Waals surface area contributed by atoms with E-state index >= 15 is 0 Å². The van der Waals surface area contributed by atoms with Crippen molar-refractivity contribution in [3.05, 3.63) is 53.9 Å². The van der Waals surface area contributed by atoms with E-state index in [0.717, 1.165) is 5.56 Å². The fraction of sp³-hybridized carbons (Fsp3) is 0.167. The molecule has 0 saturated heterocycles. The lowest BCUT2D eigenvalue weighted by atomic mass is 10.0. The summed E-state index contributed by atoms with van der Waals surface area (Å²) in [5.41, 5.74) is 13.3. The van der Waals surface area contributed by atoms with Gasteiger partial charge in [-0.25, -0.2) is 4.39 Å². The van der Waals surface area contributed by atoms with Gasteiger partial charge in [-0.2, -0.15) is 0 Å². The molecule has 17 heavy (non-hydrogen) atoms. The highest BCUT2D eigenvalue weighted by Crippen LogP contribution is 2.19. The minimum absolute atomic E-state index is 0.246. The Morgan fingerprint density at radius 2 is 2.12 bits per heavy atom. The number of nitrogen functional groups attached to an aromatic ring is 1. The molecule has 0 saturated carbocycles. The lowest BCUT2D eigenvalue weighted by Gasteiger charge is -2.12. The second-order valence-electron chi connectivity index (χ2n) is 3.76. The molecule has 0 aliphatic rings. The van der Waals surface area contributed by atoms with Gasteiger partial charge in [0.1, 0.15) is 5.82 Å². The van der Waals surface area contributed by atoms with Crippen LogP contribution in [0.1, 0.15) is 17.3 Å². The number of anilines is 1. The first-order valence-electron chi connectivity index (χ1n) is 5.23. The van der Waals surface area contributed by atoms with Crippen LogP contribution in [0.4, 0.5) is 10.1 Å². The molecule has 1 atom stereocenters. The van der Waals surface area contributed by atoms with Gasteiger partial charge < -0.3 is 11.5 Å². The van der Waals surface area contributed by atoms with E-state index in [1.54, 1.807) is 18.5 Å². The van der Waals surface area contributed by atoms with Gasteiger partial charge in [0.25, 0.3) is 0 Å². The minimum atomic E-state index is -0.525. The molecule has 0 bridgehead atoms. The van der Waals surface area contributed by atoms with Crippen LogP contribution >= 0.6 is 0 Å². The van der Waals surface area contributed by atoms with Crippen LogP contribution in [-0.4, -0.2) is 9.97 Å². The summed E-state index contributed by atoms with van der Waals surface area (Å²) in [5, 5.41) is 0. The van der Waals surface area contributed by atoms with E-state index in [1.165, 1.54) is 18.3 Å². The topological polar surface area (TPSA) is 77.8 Å². The zero-order valence-electron chi connectivity index (χ0n) is 9.18. The second-order valence-corrected chi connectivity index (χ2v) is 3.76. The molecule has 88 valence electrons. The first-order valence-corrected chi connectivity index (χ1v) is 5.23. The SMILES string of the molecule is Nc1ccncc1CC(N)c1ncccc1F. The fourth-order valence-corrected chi connectivity index (χ4v) is 1.61. The smallest absolute Gasteiger partial charge is 0.146 e. The third kappa shape index (κ3) is 2.57. The van der Waals surface area contributed by atoms with Crippen molar-refractivity contribution in [1.29, 1.82) is 0 Å². The van der Waals surface area contributed by atoms with Gasteiger partial charge in [-0.3, -0.25) is 9.97 Å². The molecule has 4 N–H and O–H groups in total. The number of hydrogen-bond acceptors (Lipinski definition) is 4. The highest BCUT2D eigenvalue weighted by molar-refractivity contribution is 5.44. The lowest BCUT2D eigenvalue weighted by molar-refractivity contribution is 0.564. The monoisotopic (exact) mass is 232 g/mol. The Labute approximate surface area is 98.5 Å². The summed E-state index contributed by atoms with van der Waals surface area (Å²) in [6.45, 7) is 0. The van der Waals surface area contributed by atoms with Crippen molar-refractivity contribution < 1.29 is 4.39 Å². The predicted octanol–water partition coefficient (Wildman–Crippen LogP) is 1.44. The summed E-state index contributed by atoms with van der Waals surface area (Å²) in [6, 6.07) is 4.04. The Balaban J connectivity index is 2.20. The number of nitrogens with zero attached hydrogens (tertiary/aromatic N) is 2. The second kappa shape index (κ2) is 4.88. The van der Waals surface area contributed by atoms with Gasteiger partial charge in [0.05, 0.1) is 11.7 Å². The van der Waals surface area contributed by atoms with Crippen molar-refractivity contribution in [2.75, 3.05) is 5.73 Å². The molecule has 2 heterocycles. The first-order chi connectivity index (χ1) is 8.18. The maximum absolute atomic E-state index is 13.5. The van der Waals surface area contributed by atoms with Crippen molar-refractivity contribution >= 4 is 5.69 Å². The summed E-state index contributed by atoms with van der Waals surface area (Å²) in [5.74, 6) is -0.400. The van der Waals surface area contributed by atoms with Crippen LogP contribution < -0.4 is 11.5 Å². The normalized spacial score (nSPS) is 12.4. The standard InChI is InChI=1S/C12H13FN4/c13-9-2-1-4-17-12(9)11(15)6-8-7-16-5-3-10(8)14/h1-5,7,11H,6,15H2,(H2,14,16). The van der Waals surface area contributed by atoms with Gasteiger partial charge in [0, 0.05) is 24.3 Å². The third-order valence-electron chi connectivity index (χ3n) is 2.52. The molecule has 2 aromatic heterocycles. The van der Waals surface area contributed by atoms with Crippen LogP contribution in [0.3, 0.4) is 0 Å². The number of rotatable bonds is 3. The zero-order chi connectivity index (χ0) is 12.3. The molecule has 1 unspecified atom stereocenters. The number of aromatic nitrogens is 2. The molecule has 5 heteroatoms. The molecule has 0 aliphatic heterocycles. The third-order valence-corrected chi connectivity index (χ3v) is 2.52. The van der Waals surface area contributed by atoms with E-state index in [1.807, 2.05) is 0 Å². The summed E-state index contributed by atoms with van der Waals surface area (Å²) in [6.07, 6.45) is 5.17. The van der Waals surface area contributed by atoms with E-state index < -0.39 is 11.9 Å². The molecule has 4 nitrogen and oxygen atoms in total. The van der Waals surface area contributed by atoms with Crippen LogP contribution in [0.15, 0.2) is 36.8 Å². The molecule has 0 radical (unpaired) electrons. The van der Waals surface area contributed by atoms with Gasteiger partial charge in [-0.05, 0) is 30.2 Å². The Kier molecular flexibility index (Phi) is 3.30. The van der Waals surface area contributed by atoms with Crippen LogP contribution in [0, 0.1) is 5.82 Å². The summed E-state index contributed by atoms with van der Waals surface area (Å²) in [4.78, 5) is 7.91. The average molecular weight is 232 g/mol. The lowest BCUT2D eigenvalue weighted by Crippen LogP contribution is -2.17. The summed E-state index contributed by atoms with van der Waals surface area (Å²) in [7, 11) is 0. The molecule has 0 fully saturated rings. The Bertz CT molecular complexity index is 515. The van der Waals surface area contributed by atoms with Crippen molar-refractivity contribution in [3.8, 4) is 0 Å². The average Bonchev–Trinajstić information content (AvgIpc) is 2.32. The maximum atomic E-state index is 13.5. The van der Waals surface area contributed by atoms with Crippen molar-refractivity contribution in [1.82, 2.24) is 9.97 Å². The predicted molar refractivity (Wildman–Crippen MR) is 63.5 cm³/mol. The van der Waals surface area contributed by atoms with E-state index in [0.29, 0.717) is 12.1 Å². The quantitative estimate of drug-likeness (QED) is 0.839. The maximum Gasteiger partial charge on any atom is 0.146 e. The molecule has 2 rings (SSSR count). The van der Waals surface area contributed by atoms with Gasteiger partial charge >= 0.3 is 0 Å². The number of hydrogen-bond donors (Lipinski definition) is 2. The summed E-state index contributed by atoms with van der Waals surface area (Å²) >= 11 is 0. The van der Waals surface area contributed by atoms with E-state index in [-0.39, 0.29) is 5.69 Å². The zero-order valence-corrected chi connectivity index (χ0v) is 9.18. The Morgan fingerprint density at radius 1 is 1.29 bits per heavy atom. The van der Waals surface area contributed by atoms with Gasteiger partial charge in [0.15, 0.2) is 0 Å². The Morgan fingerprint density at radius 3 is 2.82 bits per heavy atom. The molecular formula is C12H13FN4. The van der Waals surface area contributed by atoms with Crippen molar-refractivity contribution in [2.45, 2.75) is 12.5 Å². The molecule has 0 amide bonds. The largest absolute Gasteiger partial charge is 0.398 e. The van der Waals surface area contributed by atoms with Crippen LogP contribution in [0.5, 0.6) is 0 Å². The van der Waals surface area contributed by atoms with Gasteiger partial charge in [-0.15, -0.1) is 0 Å². The molecular weight excluding hydrogens is 219 g/mol. The van der Waals surface area contributed by atoms with Gasteiger partial charge in [-0.1, -0.05) is 0 Å². The van der Waals surface area contributed by atoms with Gasteiger partial charge in [0.2, 0.25) is 0 Å².